The van der Waals surface area contributed by atoms with Gasteiger partial charge >= 0.3 is 5.97 Å². The molecule has 0 aliphatic carbocycles. The monoisotopic (exact) mass is 420 g/mol. The average molecular weight is 421 g/mol. The van der Waals surface area contributed by atoms with E-state index in [4.69, 9.17) is 9.15 Å². The van der Waals surface area contributed by atoms with E-state index in [1.165, 1.54) is 18.2 Å². The van der Waals surface area contributed by atoms with Gasteiger partial charge in [0.15, 0.2) is 5.16 Å². The van der Waals surface area contributed by atoms with Crippen LogP contribution in [0.15, 0.2) is 28.0 Å². The fraction of sp³-hybridized carbons (Fsp3) is 0.667. The first-order valence-electron chi connectivity index (χ1n) is 10.5. The summed E-state index contributed by atoms with van der Waals surface area (Å²) in [7, 11) is 0. The molecule has 8 heteroatoms. The number of thioether (sulfide) groups is 1. The van der Waals surface area contributed by atoms with Gasteiger partial charge in [0.2, 0.25) is 5.95 Å². The molecule has 160 valence electrons. The summed E-state index contributed by atoms with van der Waals surface area (Å²) in [6, 6.07) is 3.83. The number of rotatable bonds is 9. The van der Waals surface area contributed by atoms with E-state index in [0.717, 1.165) is 37.6 Å². The minimum atomic E-state index is -0.349. The van der Waals surface area contributed by atoms with Gasteiger partial charge in [-0.2, -0.15) is 0 Å². The molecule has 1 aliphatic rings. The Morgan fingerprint density at radius 1 is 1.34 bits per heavy atom. The average Bonchev–Trinajstić information content (AvgIpc) is 3.32. The van der Waals surface area contributed by atoms with Crippen molar-refractivity contribution in [3.05, 3.63) is 24.2 Å². The summed E-state index contributed by atoms with van der Waals surface area (Å²) >= 11 is 1.39. The Bertz CT molecular complexity index is 767. The van der Waals surface area contributed by atoms with E-state index in [-0.39, 0.29) is 11.2 Å². The third-order valence-corrected chi connectivity index (χ3v) is 6.16. The lowest BCUT2D eigenvalue weighted by Gasteiger charge is -2.35. The van der Waals surface area contributed by atoms with Gasteiger partial charge in [-0.3, -0.25) is 9.36 Å². The molecule has 1 fully saturated rings. The van der Waals surface area contributed by atoms with E-state index >= 15 is 0 Å². The van der Waals surface area contributed by atoms with Crippen LogP contribution in [-0.4, -0.2) is 45.7 Å². The van der Waals surface area contributed by atoms with E-state index < -0.39 is 0 Å². The molecule has 3 unspecified atom stereocenters. The summed E-state index contributed by atoms with van der Waals surface area (Å²) in [5.41, 5.74) is 0. The summed E-state index contributed by atoms with van der Waals surface area (Å²) in [6.45, 7) is 11.4. The van der Waals surface area contributed by atoms with Crippen molar-refractivity contribution in [1.29, 1.82) is 0 Å². The van der Waals surface area contributed by atoms with Gasteiger partial charge in [-0.25, -0.2) is 0 Å². The summed E-state index contributed by atoms with van der Waals surface area (Å²) in [5.74, 6) is 2.68. The predicted molar refractivity (Wildman–Crippen MR) is 114 cm³/mol. The van der Waals surface area contributed by atoms with Crippen LogP contribution in [0.1, 0.15) is 52.7 Å². The summed E-state index contributed by atoms with van der Waals surface area (Å²) in [5, 5.41) is 9.29. The largest absolute Gasteiger partial charge is 0.467 e. The summed E-state index contributed by atoms with van der Waals surface area (Å²) in [6.07, 6.45) is 4.78. The SMILES string of the molecule is CCCCOC(=O)C(C)Sc1nnc(N2CC(C)CC(C)C2)n1Cc1ccco1. The van der Waals surface area contributed by atoms with Gasteiger partial charge in [0.25, 0.3) is 0 Å². The first-order valence-corrected chi connectivity index (χ1v) is 11.4. The Morgan fingerprint density at radius 3 is 2.76 bits per heavy atom. The lowest BCUT2D eigenvalue weighted by Crippen LogP contribution is -2.40. The highest BCUT2D eigenvalue weighted by molar-refractivity contribution is 8.00. The number of hydrogen-bond acceptors (Lipinski definition) is 7. The third-order valence-electron chi connectivity index (χ3n) is 5.10. The number of carbonyl (C=O) groups excluding carboxylic acids is 1. The summed E-state index contributed by atoms with van der Waals surface area (Å²) in [4.78, 5) is 14.6. The number of unbranched alkanes of at least 4 members (excludes halogenated alkanes) is 1. The zero-order valence-corrected chi connectivity index (χ0v) is 18.7. The van der Waals surface area contributed by atoms with Crippen LogP contribution < -0.4 is 4.90 Å². The molecule has 2 aromatic rings. The minimum absolute atomic E-state index is 0.210. The lowest BCUT2D eigenvalue weighted by molar-refractivity contribution is -0.142. The zero-order chi connectivity index (χ0) is 20.8. The zero-order valence-electron chi connectivity index (χ0n) is 17.8. The van der Waals surface area contributed by atoms with Crippen LogP contribution in [0, 0.1) is 11.8 Å². The second-order valence-corrected chi connectivity index (χ2v) is 9.39. The topological polar surface area (TPSA) is 73.4 Å². The number of carbonyl (C=O) groups is 1. The molecule has 1 saturated heterocycles. The molecule has 0 amide bonds. The summed E-state index contributed by atoms with van der Waals surface area (Å²) < 4.78 is 13.0. The van der Waals surface area contributed by atoms with Crippen LogP contribution in [0.4, 0.5) is 5.95 Å². The van der Waals surface area contributed by atoms with Gasteiger partial charge in [0.05, 0.1) is 19.4 Å². The minimum Gasteiger partial charge on any atom is -0.467 e. The Hall–Kier alpha value is -1.96. The van der Waals surface area contributed by atoms with Crippen molar-refractivity contribution in [3.63, 3.8) is 0 Å². The molecular weight excluding hydrogens is 388 g/mol. The molecule has 3 heterocycles. The number of hydrogen-bond donors (Lipinski definition) is 0. The first kappa shape index (κ1) is 21.7. The van der Waals surface area contributed by atoms with Crippen LogP contribution in [0.5, 0.6) is 0 Å². The molecule has 1 aliphatic heterocycles. The number of anilines is 1. The van der Waals surface area contributed by atoms with Crippen molar-refractivity contribution in [2.75, 3.05) is 24.6 Å². The number of piperidine rings is 1. The van der Waals surface area contributed by atoms with Crippen molar-refractivity contribution < 1.29 is 13.9 Å². The highest BCUT2D eigenvalue weighted by atomic mass is 32.2. The normalized spacial score (nSPS) is 20.6. The fourth-order valence-corrected chi connectivity index (χ4v) is 4.61. The molecule has 29 heavy (non-hydrogen) atoms. The third kappa shape index (κ3) is 5.78. The van der Waals surface area contributed by atoms with Crippen LogP contribution in [-0.2, 0) is 16.1 Å². The number of aromatic nitrogens is 3. The molecule has 0 radical (unpaired) electrons. The van der Waals surface area contributed by atoms with Gasteiger partial charge in [-0.05, 0) is 43.7 Å². The highest BCUT2D eigenvalue weighted by Gasteiger charge is 2.28. The predicted octanol–water partition coefficient (Wildman–Crippen LogP) is 4.23. The van der Waals surface area contributed by atoms with E-state index in [1.807, 2.05) is 19.1 Å². The van der Waals surface area contributed by atoms with Crippen molar-refractivity contribution in [3.8, 4) is 0 Å². The van der Waals surface area contributed by atoms with Gasteiger partial charge in [0.1, 0.15) is 11.0 Å². The Kier molecular flexibility index (Phi) is 7.64. The Labute approximate surface area is 177 Å². The molecule has 3 atom stereocenters. The standard InChI is InChI=1S/C21H32N4O3S/c1-5-6-9-28-19(26)17(4)29-21-23-22-20(24-12-15(2)11-16(3)13-24)25(21)14-18-8-7-10-27-18/h7-8,10,15-17H,5-6,9,11-14H2,1-4H3. The number of furan rings is 1. The maximum absolute atomic E-state index is 12.3. The van der Waals surface area contributed by atoms with Crippen LogP contribution in [0.25, 0.3) is 0 Å². The Morgan fingerprint density at radius 2 is 2.10 bits per heavy atom. The van der Waals surface area contributed by atoms with Crippen molar-refractivity contribution >= 4 is 23.7 Å². The van der Waals surface area contributed by atoms with Gasteiger partial charge < -0.3 is 14.1 Å². The van der Waals surface area contributed by atoms with E-state index in [2.05, 4.69) is 40.4 Å². The van der Waals surface area contributed by atoms with Crippen molar-refractivity contribution in [2.45, 2.75) is 63.9 Å². The van der Waals surface area contributed by atoms with E-state index in [9.17, 15) is 4.79 Å². The van der Waals surface area contributed by atoms with Crippen molar-refractivity contribution in [1.82, 2.24) is 14.8 Å². The maximum atomic E-state index is 12.3. The highest BCUT2D eigenvalue weighted by Crippen LogP contribution is 2.30. The van der Waals surface area contributed by atoms with Gasteiger partial charge in [-0.15, -0.1) is 10.2 Å². The smallest absolute Gasteiger partial charge is 0.319 e. The lowest BCUT2D eigenvalue weighted by atomic mass is 9.92. The van der Waals surface area contributed by atoms with Crippen LogP contribution in [0.2, 0.25) is 0 Å². The molecule has 3 rings (SSSR count). The molecule has 2 aromatic heterocycles. The van der Waals surface area contributed by atoms with E-state index in [1.54, 1.807) is 6.26 Å². The Balaban J connectivity index is 1.79. The fourth-order valence-electron chi connectivity index (χ4n) is 3.77. The van der Waals surface area contributed by atoms with Crippen LogP contribution in [0.3, 0.4) is 0 Å². The number of ether oxygens (including phenoxy) is 1. The molecule has 0 bridgehead atoms. The quantitative estimate of drug-likeness (QED) is 0.341. The molecular formula is C21H32N4O3S. The molecule has 0 saturated carbocycles. The second kappa shape index (κ2) is 10.2. The van der Waals surface area contributed by atoms with Crippen LogP contribution >= 0.6 is 11.8 Å². The van der Waals surface area contributed by atoms with E-state index in [0.29, 0.717) is 30.1 Å². The number of nitrogens with zero attached hydrogens (tertiary/aromatic N) is 4. The maximum Gasteiger partial charge on any atom is 0.319 e. The molecule has 0 spiro atoms. The van der Waals surface area contributed by atoms with Gasteiger partial charge in [-0.1, -0.05) is 39.0 Å². The first-order chi connectivity index (χ1) is 14.0. The number of esters is 1. The molecule has 0 aromatic carbocycles. The molecule has 0 N–H and O–H groups in total. The molecule has 7 nitrogen and oxygen atoms in total. The van der Waals surface area contributed by atoms with Crippen molar-refractivity contribution in [2.24, 2.45) is 11.8 Å². The van der Waals surface area contributed by atoms with Gasteiger partial charge in [0, 0.05) is 13.1 Å². The second-order valence-electron chi connectivity index (χ2n) is 8.08.